The minimum absolute atomic E-state index is 0.153. The molecular weight excluding hydrogens is 299 g/mol. The lowest BCUT2D eigenvalue weighted by Crippen LogP contribution is -2.29. The monoisotopic (exact) mass is 310 g/mol. The Morgan fingerprint density at radius 1 is 1.28 bits per heavy atom. The van der Waals surface area contributed by atoms with Gasteiger partial charge in [0.1, 0.15) is 12.1 Å². The third-order valence-electron chi connectivity index (χ3n) is 2.55. The van der Waals surface area contributed by atoms with Crippen LogP contribution in [0.1, 0.15) is 17.2 Å². The van der Waals surface area contributed by atoms with E-state index in [0.29, 0.717) is 10.9 Å². The van der Waals surface area contributed by atoms with E-state index in [9.17, 15) is 4.39 Å². The first-order valence-corrected chi connectivity index (χ1v) is 6.14. The topological polar surface area (TPSA) is 63.8 Å². The fraction of sp³-hybridized carbons (Fsp3) is 0.167. The first-order valence-electron chi connectivity index (χ1n) is 5.35. The number of hydrogen-bond acceptors (Lipinski definition) is 4. The van der Waals surface area contributed by atoms with Gasteiger partial charge in [0.25, 0.3) is 0 Å². The van der Waals surface area contributed by atoms with Gasteiger partial charge >= 0.3 is 0 Å². The van der Waals surface area contributed by atoms with Crippen molar-refractivity contribution in [2.75, 3.05) is 0 Å². The number of nitrogens with one attached hydrogen (secondary N) is 1. The highest BCUT2D eigenvalue weighted by molar-refractivity contribution is 9.10. The molecule has 0 aliphatic heterocycles. The summed E-state index contributed by atoms with van der Waals surface area (Å²) in [7, 11) is 0. The first kappa shape index (κ1) is 13.1. The van der Waals surface area contributed by atoms with E-state index in [1.54, 1.807) is 12.4 Å². The number of nitrogens with two attached hydrogens (primary N) is 1. The molecule has 0 aliphatic rings. The van der Waals surface area contributed by atoms with Gasteiger partial charge in [0.15, 0.2) is 0 Å². The van der Waals surface area contributed by atoms with Crippen molar-refractivity contribution < 1.29 is 4.39 Å². The Labute approximate surface area is 113 Å². The van der Waals surface area contributed by atoms with Gasteiger partial charge in [-0.15, -0.1) is 0 Å². The van der Waals surface area contributed by atoms with Crippen LogP contribution in [0.25, 0.3) is 0 Å². The molecule has 1 aromatic heterocycles. The zero-order chi connectivity index (χ0) is 13.0. The lowest BCUT2D eigenvalue weighted by Gasteiger charge is -2.15. The second-order valence-corrected chi connectivity index (χ2v) is 4.79. The van der Waals surface area contributed by atoms with Crippen LogP contribution in [0.15, 0.2) is 41.4 Å². The molecule has 0 spiro atoms. The molecule has 4 nitrogen and oxygen atoms in total. The number of halogens is 2. The van der Waals surface area contributed by atoms with E-state index in [1.165, 1.54) is 18.5 Å². The number of rotatable bonds is 4. The van der Waals surface area contributed by atoms with Gasteiger partial charge in [-0.1, -0.05) is 15.9 Å². The Hall–Kier alpha value is -1.37. The second-order valence-electron chi connectivity index (χ2n) is 3.87. The molecule has 1 heterocycles. The van der Waals surface area contributed by atoms with Gasteiger partial charge in [0.05, 0.1) is 6.04 Å². The van der Waals surface area contributed by atoms with E-state index in [2.05, 4.69) is 31.3 Å². The molecule has 1 atom stereocenters. The summed E-state index contributed by atoms with van der Waals surface area (Å²) in [6.45, 7) is 0. The van der Waals surface area contributed by atoms with Crippen LogP contribution in [-0.2, 0) is 6.42 Å². The van der Waals surface area contributed by atoms with E-state index >= 15 is 0 Å². The van der Waals surface area contributed by atoms with E-state index < -0.39 is 0 Å². The molecule has 3 N–H and O–H groups in total. The van der Waals surface area contributed by atoms with Crippen molar-refractivity contribution in [1.82, 2.24) is 15.4 Å². The summed E-state index contributed by atoms with van der Waals surface area (Å²) in [5.41, 5.74) is 4.39. The molecule has 0 saturated heterocycles. The molecule has 0 radical (unpaired) electrons. The van der Waals surface area contributed by atoms with Gasteiger partial charge in [-0.2, -0.15) is 0 Å². The van der Waals surface area contributed by atoms with Crippen LogP contribution >= 0.6 is 15.9 Å². The largest absolute Gasteiger partial charge is 0.271 e. The number of hydrazine groups is 1. The van der Waals surface area contributed by atoms with Gasteiger partial charge < -0.3 is 0 Å². The minimum Gasteiger partial charge on any atom is -0.271 e. The smallest absolute Gasteiger partial charge is 0.124 e. The van der Waals surface area contributed by atoms with Crippen LogP contribution < -0.4 is 11.3 Å². The first-order chi connectivity index (χ1) is 8.69. The van der Waals surface area contributed by atoms with Crippen LogP contribution in [0, 0.1) is 5.82 Å². The summed E-state index contributed by atoms with van der Waals surface area (Å²) >= 11 is 3.26. The molecule has 94 valence electrons. The average Bonchev–Trinajstić information content (AvgIpc) is 2.36. The third kappa shape index (κ3) is 3.32. The maximum Gasteiger partial charge on any atom is 0.124 e. The fourth-order valence-corrected chi connectivity index (χ4v) is 2.24. The van der Waals surface area contributed by atoms with Crippen molar-refractivity contribution in [3.8, 4) is 0 Å². The zero-order valence-corrected chi connectivity index (χ0v) is 11.1. The second kappa shape index (κ2) is 5.99. The highest BCUT2D eigenvalue weighted by Gasteiger charge is 2.12. The lowest BCUT2D eigenvalue weighted by molar-refractivity contribution is 0.545. The SMILES string of the molecule is NNC(Cc1cc(F)cc(Br)c1)c1cncnc1. The summed E-state index contributed by atoms with van der Waals surface area (Å²) in [5.74, 6) is 5.24. The highest BCUT2D eigenvalue weighted by Crippen LogP contribution is 2.20. The van der Waals surface area contributed by atoms with Crippen molar-refractivity contribution in [3.05, 3.63) is 58.3 Å². The molecule has 0 bridgehead atoms. The Morgan fingerprint density at radius 3 is 2.61 bits per heavy atom. The summed E-state index contributed by atoms with van der Waals surface area (Å²) in [6.07, 6.45) is 5.38. The Bertz CT molecular complexity index is 500. The van der Waals surface area contributed by atoms with Gasteiger partial charge in [-0.25, -0.2) is 14.4 Å². The van der Waals surface area contributed by atoms with Crippen molar-refractivity contribution in [1.29, 1.82) is 0 Å². The van der Waals surface area contributed by atoms with Crippen LogP contribution in [0.2, 0.25) is 0 Å². The van der Waals surface area contributed by atoms with Crippen LogP contribution in [0.5, 0.6) is 0 Å². The van der Waals surface area contributed by atoms with Gasteiger partial charge in [-0.05, 0) is 30.2 Å². The molecule has 0 aliphatic carbocycles. The minimum atomic E-state index is -0.278. The number of hydrogen-bond donors (Lipinski definition) is 2. The molecule has 2 rings (SSSR count). The Kier molecular flexibility index (Phi) is 4.35. The molecule has 1 aromatic carbocycles. The van der Waals surface area contributed by atoms with Gasteiger partial charge in [0.2, 0.25) is 0 Å². The lowest BCUT2D eigenvalue weighted by atomic mass is 10.0. The summed E-state index contributed by atoms with van der Waals surface area (Å²) in [4.78, 5) is 7.88. The Balaban J connectivity index is 2.20. The van der Waals surface area contributed by atoms with Crippen molar-refractivity contribution in [3.63, 3.8) is 0 Å². The van der Waals surface area contributed by atoms with Crippen molar-refractivity contribution in [2.24, 2.45) is 5.84 Å². The molecule has 18 heavy (non-hydrogen) atoms. The molecule has 0 amide bonds. The van der Waals surface area contributed by atoms with E-state index in [0.717, 1.165) is 11.1 Å². The van der Waals surface area contributed by atoms with Crippen LogP contribution in [-0.4, -0.2) is 9.97 Å². The maximum absolute atomic E-state index is 13.3. The van der Waals surface area contributed by atoms with E-state index in [1.807, 2.05) is 6.07 Å². The number of nitrogens with zero attached hydrogens (tertiary/aromatic N) is 2. The van der Waals surface area contributed by atoms with Crippen molar-refractivity contribution in [2.45, 2.75) is 12.5 Å². The van der Waals surface area contributed by atoms with E-state index in [4.69, 9.17) is 5.84 Å². The van der Waals surface area contributed by atoms with Crippen LogP contribution in [0.4, 0.5) is 4.39 Å². The molecule has 0 fully saturated rings. The van der Waals surface area contributed by atoms with E-state index in [-0.39, 0.29) is 11.9 Å². The summed E-state index contributed by atoms with van der Waals surface area (Å²) in [6, 6.07) is 4.61. The molecule has 2 aromatic rings. The normalized spacial score (nSPS) is 12.4. The summed E-state index contributed by atoms with van der Waals surface area (Å²) in [5, 5.41) is 0. The predicted molar refractivity (Wildman–Crippen MR) is 69.9 cm³/mol. The third-order valence-corrected chi connectivity index (χ3v) is 3.00. The zero-order valence-electron chi connectivity index (χ0n) is 9.48. The summed E-state index contributed by atoms with van der Waals surface area (Å²) < 4.78 is 14.0. The quantitative estimate of drug-likeness (QED) is 0.671. The molecule has 0 saturated carbocycles. The standard InChI is InChI=1S/C12H12BrFN4/c13-10-1-8(2-11(14)4-10)3-12(18-15)9-5-16-7-17-6-9/h1-2,4-7,12,18H,3,15H2. The molecular formula is C12H12BrFN4. The van der Waals surface area contributed by atoms with Crippen LogP contribution in [0.3, 0.4) is 0 Å². The average molecular weight is 311 g/mol. The van der Waals surface area contributed by atoms with Gasteiger partial charge in [-0.3, -0.25) is 11.3 Å². The van der Waals surface area contributed by atoms with Crippen molar-refractivity contribution >= 4 is 15.9 Å². The fourth-order valence-electron chi connectivity index (χ4n) is 1.73. The number of benzene rings is 1. The number of aromatic nitrogens is 2. The predicted octanol–water partition coefficient (Wildman–Crippen LogP) is 2.13. The maximum atomic E-state index is 13.3. The van der Waals surface area contributed by atoms with Gasteiger partial charge in [0, 0.05) is 22.4 Å². The molecule has 6 heteroatoms. The Morgan fingerprint density at radius 2 is 2.00 bits per heavy atom. The molecule has 1 unspecified atom stereocenters. The highest BCUT2D eigenvalue weighted by atomic mass is 79.9.